The van der Waals surface area contributed by atoms with E-state index in [0.717, 1.165) is 25.6 Å². The van der Waals surface area contributed by atoms with Gasteiger partial charge in [-0.1, -0.05) is 32.0 Å². The molecule has 1 unspecified atom stereocenters. The maximum absolute atomic E-state index is 11.6. The van der Waals surface area contributed by atoms with Crippen LogP contribution in [0, 0.1) is 11.2 Å². The molecule has 0 amide bonds. The first kappa shape index (κ1) is 22.2. The van der Waals surface area contributed by atoms with Gasteiger partial charge in [0.1, 0.15) is 6.04 Å². The third kappa shape index (κ3) is 6.47. The Hall–Kier alpha value is -1.12. The van der Waals surface area contributed by atoms with Crippen molar-refractivity contribution in [1.29, 1.82) is 0 Å². The summed E-state index contributed by atoms with van der Waals surface area (Å²) in [6, 6.07) is 11.1. The van der Waals surface area contributed by atoms with Crippen molar-refractivity contribution in [3.63, 3.8) is 0 Å². The van der Waals surface area contributed by atoms with Crippen LogP contribution in [0.4, 0.5) is 0 Å². The molecule has 0 aliphatic carbocycles. The van der Waals surface area contributed by atoms with Crippen molar-refractivity contribution in [2.24, 2.45) is 0 Å². The average Bonchev–Trinajstić information content (AvgIpc) is 3.32. The molecule has 0 saturated carbocycles. The summed E-state index contributed by atoms with van der Waals surface area (Å²) in [6.45, 7) is 4.00. The number of benzene rings is 1. The molecule has 3 rings (SSSR count). The third-order valence-corrected chi connectivity index (χ3v) is 6.37. The number of halogens is 1. The molecule has 4 nitrogen and oxygen atoms in total. The Morgan fingerprint density at radius 2 is 2.11 bits per heavy atom. The second-order valence-electron chi connectivity index (χ2n) is 5.10. The number of para-hydroxylation sites is 1. The Labute approximate surface area is 183 Å². The Bertz CT molecular complexity index is 943. The van der Waals surface area contributed by atoms with Gasteiger partial charge in [-0.25, -0.2) is 4.72 Å². The second kappa shape index (κ2) is 11.7. The van der Waals surface area contributed by atoms with Gasteiger partial charge in [-0.3, -0.25) is 4.79 Å². The first-order valence-corrected chi connectivity index (χ1v) is 13.2. The third-order valence-electron chi connectivity index (χ3n) is 3.49. The van der Waals surface area contributed by atoms with E-state index in [1.165, 1.54) is 20.9 Å². The predicted molar refractivity (Wildman–Crippen MR) is 127 cm³/mol. The fraction of sp³-hybridized carbons (Fsp3) is 0.211. The molecule has 0 bridgehead atoms. The van der Waals surface area contributed by atoms with Crippen LogP contribution >= 0.6 is 53.4 Å². The van der Waals surface area contributed by atoms with Crippen LogP contribution in [0.2, 0.25) is 0 Å². The topological polar surface area (TPSA) is 65.1 Å². The van der Waals surface area contributed by atoms with Gasteiger partial charge in [0.05, 0.1) is 9.09 Å². The highest BCUT2D eigenvalue weighted by molar-refractivity contribution is 14.2. The number of aromatic amines is 1. The molecule has 3 N–H and O–H groups in total. The molecular weight excluding hydrogens is 511 g/mol. The lowest BCUT2D eigenvalue weighted by atomic mass is 10.1. The van der Waals surface area contributed by atoms with Gasteiger partial charge in [-0.2, -0.15) is 0 Å². The number of fused-ring (bicyclic) bond motifs is 1. The molecule has 2 aromatic heterocycles. The highest BCUT2D eigenvalue weighted by Crippen LogP contribution is 2.26. The maximum atomic E-state index is 11.6. The maximum Gasteiger partial charge on any atom is 0.321 e. The number of hydrogen-bond donors (Lipinski definition) is 3. The molecule has 3 aromatic rings. The van der Waals surface area contributed by atoms with Crippen LogP contribution in [-0.2, 0) is 11.2 Å². The highest BCUT2D eigenvalue weighted by Gasteiger charge is 2.20. The van der Waals surface area contributed by atoms with Crippen LogP contribution in [-0.4, -0.2) is 22.1 Å². The second-order valence-corrected chi connectivity index (χ2v) is 9.00. The highest BCUT2D eigenvalue weighted by atomic mass is 127. The van der Waals surface area contributed by atoms with Crippen molar-refractivity contribution in [1.82, 2.24) is 9.71 Å². The number of aliphatic carboxylic acids is 1. The molecule has 1 aromatic carbocycles. The quantitative estimate of drug-likeness (QED) is 0.209. The standard InChI is InChI=1S/C17H13IN2O2S3.C2H6/c18-23-8-7-12-5-6-16(24-12)25-20-15(17(21)22)9-11-10-19-14-4-2-1-3-13(11)14;1-2/h1-6,10,15,19-20H,9H2,(H,21,22);1-2H3. The molecule has 0 radical (unpaired) electrons. The van der Waals surface area contributed by atoms with Gasteiger partial charge in [-0.05, 0) is 55.8 Å². The molecule has 2 heterocycles. The number of thiophene rings is 1. The molecule has 0 saturated heterocycles. The minimum atomic E-state index is -0.865. The van der Waals surface area contributed by atoms with Gasteiger partial charge in [-0.15, -0.1) is 11.3 Å². The first-order valence-electron chi connectivity index (χ1n) is 8.26. The van der Waals surface area contributed by atoms with Gasteiger partial charge in [0, 0.05) is 44.7 Å². The van der Waals surface area contributed by atoms with E-state index in [0.29, 0.717) is 6.42 Å². The number of hydrogen-bond acceptors (Lipinski definition) is 5. The molecule has 0 aliphatic rings. The summed E-state index contributed by atoms with van der Waals surface area (Å²) in [7, 11) is 1.44. The predicted octanol–water partition coefficient (Wildman–Crippen LogP) is 5.94. The van der Waals surface area contributed by atoms with E-state index in [1.54, 1.807) is 11.3 Å². The normalized spacial score (nSPS) is 11.2. The minimum absolute atomic E-state index is 0.413. The SMILES string of the molecule is CC.O=C(O)C(Cc1c[nH]c2ccccc12)NSc1ccc(C#CSI)s1. The number of rotatable bonds is 6. The van der Waals surface area contributed by atoms with E-state index >= 15 is 0 Å². The lowest BCUT2D eigenvalue weighted by Crippen LogP contribution is -2.34. The summed E-state index contributed by atoms with van der Waals surface area (Å²) >= 11 is 5.02. The smallest absolute Gasteiger partial charge is 0.321 e. The molecule has 0 aliphatic heterocycles. The molecule has 0 spiro atoms. The zero-order valence-electron chi connectivity index (χ0n) is 14.8. The summed E-state index contributed by atoms with van der Waals surface area (Å²) in [5.41, 5.74) is 2.01. The van der Waals surface area contributed by atoms with Crippen molar-refractivity contribution < 1.29 is 9.90 Å². The van der Waals surface area contributed by atoms with Gasteiger partial charge in [0.25, 0.3) is 0 Å². The summed E-state index contributed by atoms with van der Waals surface area (Å²) in [5, 5.41) is 13.5. The number of aromatic nitrogens is 1. The minimum Gasteiger partial charge on any atom is -0.480 e. The summed E-state index contributed by atoms with van der Waals surface area (Å²) in [5.74, 6) is 2.18. The van der Waals surface area contributed by atoms with Crippen molar-refractivity contribution in [2.45, 2.75) is 30.5 Å². The van der Waals surface area contributed by atoms with E-state index in [4.69, 9.17) is 0 Å². The van der Waals surface area contributed by atoms with E-state index in [9.17, 15) is 9.90 Å². The summed E-state index contributed by atoms with van der Waals surface area (Å²) in [4.78, 5) is 15.8. The molecular formula is C19H19IN2O2S3. The Kier molecular flexibility index (Phi) is 9.58. The zero-order valence-corrected chi connectivity index (χ0v) is 19.4. The van der Waals surface area contributed by atoms with Gasteiger partial charge < -0.3 is 10.1 Å². The number of H-pyrrole nitrogens is 1. The van der Waals surface area contributed by atoms with Crippen LogP contribution in [0.3, 0.4) is 0 Å². The Morgan fingerprint density at radius 3 is 2.85 bits per heavy atom. The number of carboxylic acids is 1. The van der Waals surface area contributed by atoms with Gasteiger partial charge in [0.2, 0.25) is 0 Å². The van der Waals surface area contributed by atoms with Crippen LogP contribution in [0.25, 0.3) is 10.9 Å². The number of nitrogens with one attached hydrogen (secondary N) is 2. The summed E-state index contributed by atoms with van der Waals surface area (Å²) < 4.78 is 4.06. The fourth-order valence-corrected chi connectivity index (χ4v) is 4.63. The monoisotopic (exact) mass is 530 g/mol. The number of carbonyl (C=O) groups is 1. The lowest BCUT2D eigenvalue weighted by Gasteiger charge is -2.12. The van der Waals surface area contributed by atoms with Gasteiger partial charge >= 0.3 is 5.97 Å². The largest absolute Gasteiger partial charge is 0.480 e. The van der Waals surface area contributed by atoms with Gasteiger partial charge in [0.15, 0.2) is 0 Å². The summed E-state index contributed by atoms with van der Waals surface area (Å²) in [6.07, 6.45) is 2.29. The van der Waals surface area contributed by atoms with Crippen LogP contribution in [0.15, 0.2) is 46.8 Å². The van der Waals surface area contributed by atoms with Crippen molar-refractivity contribution in [3.05, 3.63) is 53.0 Å². The molecule has 0 fully saturated rings. The Morgan fingerprint density at radius 1 is 1.33 bits per heavy atom. The van der Waals surface area contributed by atoms with E-state index in [1.807, 2.05) is 56.4 Å². The van der Waals surface area contributed by atoms with Crippen molar-refractivity contribution in [2.75, 3.05) is 0 Å². The van der Waals surface area contributed by atoms with Crippen molar-refractivity contribution >= 4 is 70.3 Å². The molecule has 8 heteroatoms. The van der Waals surface area contributed by atoms with Crippen LogP contribution in [0.5, 0.6) is 0 Å². The zero-order chi connectivity index (χ0) is 19.6. The van der Waals surface area contributed by atoms with E-state index in [-0.39, 0.29) is 0 Å². The van der Waals surface area contributed by atoms with Crippen molar-refractivity contribution in [3.8, 4) is 11.2 Å². The molecule has 27 heavy (non-hydrogen) atoms. The van der Waals surface area contributed by atoms with Crippen LogP contribution in [0.1, 0.15) is 24.3 Å². The fourth-order valence-electron chi connectivity index (χ4n) is 2.34. The van der Waals surface area contributed by atoms with E-state index in [2.05, 4.69) is 42.1 Å². The lowest BCUT2D eigenvalue weighted by molar-refractivity contribution is -0.138. The number of carboxylic acid groups (broad SMARTS) is 1. The molecule has 1 atom stereocenters. The van der Waals surface area contributed by atoms with E-state index < -0.39 is 12.0 Å². The average molecular weight is 530 g/mol. The van der Waals surface area contributed by atoms with Crippen LogP contribution < -0.4 is 4.72 Å². The molecule has 142 valence electrons. The Balaban J connectivity index is 0.00000126. The first-order chi connectivity index (χ1) is 13.2.